The summed E-state index contributed by atoms with van der Waals surface area (Å²) in [5, 5.41) is 2.82. The monoisotopic (exact) mass is 303 g/mol. The minimum Gasteiger partial charge on any atom is -0.382 e. The van der Waals surface area contributed by atoms with E-state index in [2.05, 4.69) is 10.3 Å². The molecule has 0 fully saturated rings. The van der Waals surface area contributed by atoms with Crippen molar-refractivity contribution in [3.05, 3.63) is 54.1 Å². The van der Waals surface area contributed by atoms with Gasteiger partial charge in [0.1, 0.15) is 0 Å². The van der Waals surface area contributed by atoms with Gasteiger partial charge in [0.2, 0.25) is 0 Å². The first-order valence-electron chi connectivity index (χ1n) is 7.19. The predicted molar refractivity (Wildman–Crippen MR) is 82.8 cm³/mol. The number of ether oxygens (including phenoxy) is 2. The van der Waals surface area contributed by atoms with Gasteiger partial charge < -0.3 is 19.4 Å². The summed E-state index contributed by atoms with van der Waals surface area (Å²) in [5.41, 5.74) is 1.77. The van der Waals surface area contributed by atoms with Crippen LogP contribution in [0.3, 0.4) is 0 Å². The average Bonchev–Trinajstić information content (AvgIpc) is 3.04. The van der Waals surface area contributed by atoms with Gasteiger partial charge in [-0.3, -0.25) is 4.79 Å². The van der Waals surface area contributed by atoms with E-state index in [1.807, 2.05) is 35.0 Å². The molecule has 0 saturated carbocycles. The first-order chi connectivity index (χ1) is 10.8. The van der Waals surface area contributed by atoms with Gasteiger partial charge in [-0.2, -0.15) is 0 Å². The highest BCUT2D eigenvalue weighted by Gasteiger charge is 2.04. The maximum Gasteiger partial charge on any atom is 0.251 e. The van der Waals surface area contributed by atoms with Crippen LogP contribution in [0.5, 0.6) is 0 Å². The standard InChI is InChI=1S/C16H21N3O3/c1-21-10-11-22-9-7-18-16(20)15-4-2-14(3-5-15)12-19-8-6-17-13-19/h2-6,8,13H,7,9-12H2,1H3,(H,18,20). The van der Waals surface area contributed by atoms with E-state index in [9.17, 15) is 4.79 Å². The minimum absolute atomic E-state index is 0.0930. The van der Waals surface area contributed by atoms with Gasteiger partial charge in [-0.25, -0.2) is 4.98 Å². The molecule has 0 unspecified atom stereocenters. The SMILES string of the molecule is COCCOCCNC(=O)c1ccc(Cn2ccnc2)cc1. The third-order valence-corrected chi connectivity index (χ3v) is 3.10. The van der Waals surface area contributed by atoms with Crippen LogP contribution < -0.4 is 5.32 Å². The van der Waals surface area contributed by atoms with E-state index in [1.165, 1.54) is 0 Å². The molecule has 0 atom stereocenters. The molecule has 0 spiro atoms. The molecular formula is C16H21N3O3. The van der Waals surface area contributed by atoms with Crippen LogP contribution in [0.4, 0.5) is 0 Å². The summed E-state index contributed by atoms with van der Waals surface area (Å²) in [6, 6.07) is 7.55. The van der Waals surface area contributed by atoms with Crippen LogP contribution in [0.2, 0.25) is 0 Å². The fraction of sp³-hybridized carbons (Fsp3) is 0.375. The summed E-state index contributed by atoms with van der Waals surface area (Å²) in [6.07, 6.45) is 5.42. The largest absolute Gasteiger partial charge is 0.382 e. The highest BCUT2D eigenvalue weighted by molar-refractivity contribution is 5.94. The second-order valence-electron chi connectivity index (χ2n) is 4.79. The summed E-state index contributed by atoms with van der Waals surface area (Å²) in [7, 11) is 1.63. The van der Waals surface area contributed by atoms with E-state index in [0.29, 0.717) is 31.9 Å². The van der Waals surface area contributed by atoms with Gasteiger partial charge in [0.25, 0.3) is 5.91 Å². The predicted octanol–water partition coefficient (Wildman–Crippen LogP) is 1.32. The van der Waals surface area contributed by atoms with Crippen molar-refractivity contribution in [2.45, 2.75) is 6.54 Å². The molecule has 2 rings (SSSR count). The number of benzene rings is 1. The summed E-state index contributed by atoms with van der Waals surface area (Å²) in [4.78, 5) is 16.0. The van der Waals surface area contributed by atoms with E-state index in [-0.39, 0.29) is 5.91 Å². The maximum atomic E-state index is 12.0. The van der Waals surface area contributed by atoms with E-state index in [0.717, 1.165) is 12.1 Å². The number of hydrogen-bond acceptors (Lipinski definition) is 4. The van der Waals surface area contributed by atoms with Crippen molar-refractivity contribution in [2.24, 2.45) is 0 Å². The molecule has 22 heavy (non-hydrogen) atoms. The van der Waals surface area contributed by atoms with Crippen LogP contribution in [-0.2, 0) is 16.0 Å². The lowest BCUT2D eigenvalue weighted by Crippen LogP contribution is -2.27. The molecule has 1 aromatic heterocycles. The van der Waals surface area contributed by atoms with Crippen LogP contribution in [0.15, 0.2) is 43.0 Å². The van der Waals surface area contributed by atoms with Gasteiger partial charge >= 0.3 is 0 Å². The molecule has 118 valence electrons. The number of hydrogen-bond donors (Lipinski definition) is 1. The van der Waals surface area contributed by atoms with Crippen LogP contribution in [0.1, 0.15) is 15.9 Å². The highest BCUT2D eigenvalue weighted by Crippen LogP contribution is 2.06. The molecule has 0 aliphatic rings. The summed E-state index contributed by atoms with van der Waals surface area (Å²) in [5.74, 6) is -0.0930. The summed E-state index contributed by atoms with van der Waals surface area (Å²) >= 11 is 0. The number of methoxy groups -OCH3 is 1. The molecule has 0 radical (unpaired) electrons. The first kappa shape index (κ1) is 16.2. The minimum atomic E-state index is -0.0930. The molecule has 0 bridgehead atoms. The lowest BCUT2D eigenvalue weighted by Gasteiger charge is -2.07. The third-order valence-electron chi connectivity index (χ3n) is 3.10. The molecule has 1 aromatic carbocycles. The van der Waals surface area contributed by atoms with Gasteiger partial charge in [-0.1, -0.05) is 12.1 Å². The zero-order chi connectivity index (χ0) is 15.6. The molecule has 1 N–H and O–H groups in total. The Morgan fingerprint density at radius 2 is 2.05 bits per heavy atom. The number of nitrogens with zero attached hydrogens (tertiary/aromatic N) is 2. The van der Waals surface area contributed by atoms with Gasteiger partial charge in [0.15, 0.2) is 0 Å². The van der Waals surface area contributed by atoms with Crippen molar-refractivity contribution in [1.82, 2.24) is 14.9 Å². The van der Waals surface area contributed by atoms with Crippen LogP contribution in [0.25, 0.3) is 0 Å². The topological polar surface area (TPSA) is 65.4 Å². The van der Waals surface area contributed by atoms with E-state index in [1.54, 1.807) is 19.6 Å². The van der Waals surface area contributed by atoms with Crippen molar-refractivity contribution < 1.29 is 14.3 Å². The molecule has 1 amide bonds. The summed E-state index contributed by atoms with van der Waals surface area (Å²) < 4.78 is 12.1. The number of rotatable bonds is 9. The second kappa shape index (κ2) is 8.96. The van der Waals surface area contributed by atoms with Crippen molar-refractivity contribution in [2.75, 3.05) is 33.5 Å². The van der Waals surface area contributed by atoms with Crippen LogP contribution in [-0.4, -0.2) is 48.9 Å². The fourth-order valence-electron chi connectivity index (χ4n) is 1.94. The third kappa shape index (κ3) is 5.31. The molecule has 0 aliphatic heterocycles. The Hall–Kier alpha value is -2.18. The number of aromatic nitrogens is 2. The highest BCUT2D eigenvalue weighted by atomic mass is 16.5. The lowest BCUT2D eigenvalue weighted by molar-refractivity contribution is 0.0692. The number of carbonyl (C=O) groups excluding carboxylic acids is 1. The van der Waals surface area contributed by atoms with Gasteiger partial charge in [0.05, 0.1) is 26.1 Å². The van der Waals surface area contributed by atoms with Crippen LogP contribution >= 0.6 is 0 Å². The maximum absolute atomic E-state index is 12.0. The van der Waals surface area contributed by atoms with Gasteiger partial charge in [-0.05, 0) is 17.7 Å². The van der Waals surface area contributed by atoms with Crippen molar-refractivity contribution >= 4 is 5.91 Å². The Labute approximate surface area is 130 Å². The Morgan fingerprint density at radius 1 is 1.23 bits per heavy atom. The smallest absolute Gasteiger partial charge is 0.251 e. The van der Waals surface area contributed by atoms with Crippen molar-refractivity contribution in [1.29, 1.82) is 0 Å². The quantitative estimate of drug-likeness (QED) is 0.710. The van der Waals surface area contributed by atoms with Gasteiger partial charge in [-0.15, -0.1) is 0 Å². The number of amides is 1. The molecule has 1 heterocycles. The lowest BCUT2D eigenvalue weighted by atomic mass is 10.1. The first-order valence-corrected chi connectivity index (χ1v) is 7.19. The van der Waals surface area contributed by atoms with Crippen molar-refractivity contribution in [3.8, 4) is 0 Å². The number of carbonyl (C=O) groups is 1. The molecule has 6 nitrogen and oxygen atoms in total. The molecule has 0 saturated heterocycles. The fourth-order valence-corrected chi connectivity index (χ4v) is 1.94. The Morgan fingerprint density at radius 3 is 2.73 bits per heavy atom. The Bertz CT molecular complexity index is 553. The average molecular weight is 303 g/mol. The normalized spacial score (nSPS) is 10.6. The van der Waals surface area contributed by atoms with Gasteiger partial charge in [0, 0.05) is 38.2 Å². The van der Waals surface area contributed by atoms with Crippen LogP contribution in [0, 0.1) is 0 Å². The molecular weight excluding hydrogens is 282 g/mol. The van der Waals surface area contributed by atoms with Crippen molar-refractivity contribution in [3.63, 3.8) is 0 Å². The zero-order valence-electron chi connectivity index (χ0n) is 12.7. The second-order valence-corrected chi connectivity index (χ2v) is 4.79. The zero-order valence-corrected chi connectivity index (χ0v) is 12.7. The number of nitrogens with one attached hydrogen (secondary N) is 1. The Kier molecular flexibility index (Phi) is 6.60. The number of imidazole rings is 1. The Balaban J connectivity index is 1.73. The molecule has 2 aromatic rings. The van der Waals surface area contributed by atoms with E-state index < -0.39 is 0 Å². The van der Waals surface area contributed by atoms with E-state index >= 15 is 0 Å². The molecule has 0 aliphatic carbocycles. The van der Waals surface area contributed by atoms with E-state index in [4.69, 9.17) is 9.47 Å². The molecule has 6 heteroatoms. The summed E-state index contributed by atoms with van der Waals surface area (Å²) in [6.45, 7) is 2.81.